The molecule has 1 aromatic carbocycles. The Kier molecular flexibility index (Phi) is 3.43. The van der Waals surface area contributed by atoms with E-state index >= 15 is 0 Å². The van der Waals surface area contributed by atoms with Crippen LogP contribution in [0.4, 0.5) is 0 Å². The molecular formula is C12H16B2O4. The van der Waals surface area contributed by atoms with Gasteiger partial charge in [0.15, 0.2) is 0 Å². The normalized spacial score (nSPS) is 28.1. The van der Waals surface area contributed by atoms with Gasteiger partial charge in [-0.3, -0.25) is 0 Å². The van der Waals surface area contributed by atoms with Crippen molar-refractivity contribution >= 4 is 25.2 Å². The topological polar surface area (TPSA) is 36.9 Å². The van der Waals surface area contributed by atoms with E-state index in [1.807, 2.05) is 38.1 Å². The summed E-state index contributed by atoms with van der Waals surface area (Å²) in [5, 5.41) is 0. The van der Waals surface area contributed by atoms with Gasteiger partial charge in [-0.25, -0.2) is 0 Å². The average molecular weight is 246 g/mol. The number of rotatable bonds is 2. The van der Waals surface area contributed by atoms with Gasteiger partial charge < -0.3 is 18.6 Å². The van der Waals surface area contributed by atoms with E-state index in [1.54, 1.807) is 0 Å². The van der Waals surface area contributed by atoms with Gasteiger partial charge in [0.2, 0.25) is 0 Å². The second-order valence-corrected chi connectivity index (χ2v) is 4.89. The van der Waals surface area contributed by atoms with E-state index in [0.717, 1.165) is 10.9 Å². The Morgan fingerprint density at radius 3 is 1.50 bits per heavy atom. The molecule has 0 bridgehead atoms. The standard InChI is InChI=1S/C12H16B2O4/c1-9-7-15-13(17-9)11-3-5-12(6-4-11)14-16-8-10(2)18-14/h3-6,9-10H,7-8H2,1-2H3. The van der Waals surface area contributed by atoms with Crippen molar-refractivity contribution < 1.29 is 18.6 Å². The lowest BCUT2D eigenvalue weighted by atomic mass is 9.74. The van der Waals surface area contributed by atoms with Crippen LogP contribution in [0.3, 0.4) is 0 Å². The molecule has 0 aromatic heterocycles. The second kappa shape index (κ2) is 5.05. The molecule has 94 valence electrons. The molecule has 0 aliphatic carbocycles. The van der Waals surface area contributed by atoms with Crippen LogP contribution >= 0.6 is 0 Å². The maximum Gasteiger partial charge on any atom is 0.494 e. The minimum Gasteiger partial charge on any atom is -0.405 e. The van der Waals surface area contributed by atoms with Crippen LogP contribution in [-0.2, 0) is 18.6 Å². The maximum absolute atomic E-state index is 5.65. The highest BCUT2D eigenvalue weighted by molar-refractivity contribution is 6.63. The molecule has 18 heavy (non-hydrogen) atoms. The molecule has 0 saturated carbocycles. The van der Waals surface area contributed by atoms with Gasteiger partial charge in [-0.2, -0.15) is 0 Å². The summed E-state index contributed by atoms with van der Waals surface area (Å²) in [6.07, 6.45) is 0.328. The first-order chi connectivity index (χ1) is 8.72. The minimum atomic E-state index is -0.238. The molecule has 2 heterocycles. The molecule has 3 rings (SSSR count). The first-order valence-electron chi connectivity index (χ1n) is 6.36. The van der Waals surface area contributed by atoms with Crippen molar-refractivity contribution in [1.29, 1.82) is 0 Å². The lowest BCUT2D eigenvalue weighted by molar-refractivity contribution is 0.258. The SMILES string of the molecule is CC1COB(c2ccc(B3OCC(C)O3)cc2)O1. The van der Waals surface area contributed by atoms with Crippen molar-refractivity contribution in [3.8, 4) is 0 Å². The third kappa shape index (κ3) is 2.47. The molecule has 2 aliphatic rings. The fourth-order valence-corrected chi connectivity index (χ4v) is 2.18. The second-order valence-electron chi connectivity index (χ2n) is 4.89. The van der Waals surface area contributed by atoms with Crippen molar-refractivity contribution in [2.24, 2.45) is 0 Å². The number of benzene rings is 1. The molecule has 0 spiro atoms. The third-order valence-corrected chi connectivity index (χ3v) is 3.16. The van der Waals surface area contributed by atoms with Crippen LogP contribution in [0.2, 0.25) is 0 Å². The van der Waals surface area contributed by atoms with Crippen molar-refractivity contribution in [2.75, 3.05) is 13.2 Å². The van der Waals surface area contributed by atoms with E-state index in [4.69, 9.17) is 18.6 Å². The molecule has 0 radical (unpaired) electrons. The van der Waals surface area contributed by atoms with E-state index in [2.05, 4.69) is 0 Å². The smallest absolute Gasteiger partial charge is 0.405 e. The van der Waals surface area contributed by atoms with Crippen LogP contribution in [0.15, 0.2) is 24.3 Å². The summed E-state index contributed by atoms with van der Waals surface area (Å²) in [6.45, 7) is 5.32. The quantitative estimate of drug-likeness (QED) is 0.685. The van der Waals surface area contributed by atoms with Gasteiger partial charge in [0, 0.05) is 0 Å². The highest BCUT2D eigenvalue weighted by atomic mass is 16.6. The van der Waals surface area contributed by atoms with E-state index in [0.29, 0.717) is 13.2 Å². The Morgan fingerprint density at radius 2 is 1.22 bits per heavy atom. The van der Waals surface area contributed by atoms with Crippen molar-refractivity contribution in [3.05, 3.63) is 24.3 Å². The van der Waals surface area contributed by atoms with Crippen molar-refractivity contribution in [1.82, 2.24) is 0 Å². The predicted molar refractivity (Wildman–Crippen MR) is 70.2 cm³/mol. The van der Waals surface area contributed by atoms with Crippen LogP contribution in [-0.4, -0.2) is 39.7 Å². The highest BCUT2D eigenvalue weighted by Gasteiger charge is 2.33. The van der Waals surface area contributed by atoms with Crippen LogP contribution in [0.5, 0.6) is 0 Å². The summed E-state index contributed by atoms with van der Waals surface area (Å²) in [7, 11) is -0.475. The number of hydrogen-bond acceptors (Lipinski definition) is 4. The molecule has 0 N–H and O–H groups in total. The van der Waals surface area contributed by atoms with Crippen LogP contribution in [0.1, 0.15) is 13.8 Å². The largest absolute Gasteiger partial charge is 0.494 e. The molecule has 2 fully saturated rings. The molecule has 2 aliphatic heterocycles. The first-order valence-corrected chi connectivity index (χ1v) is 6.36. The van der Waals surface area contributed by atoms with E-state index in [-0.39, 0.29) is 26.4 Å². The fourth-order valence-electron chi connectivity index (χ4n) is 2.18. The van der Waals surface area contributed by atoms with E-state index in [9.17, 15) is 0 Å². The summed E-state index contributed by atoms with van der Waals surface area (Å²) in [6, 6.07) is 8.03. The van der Waals surface area contributed by atoms with Crippen LogP contribution in [0.25, 0.3) is 0 Å². The van der Waals surface area contributed by atoms with Crippen molar-refractivity contribution in [2.45, 2.75) is 26.1 Å². The fraction of sp³-hybridized carbons (Fsp3) is 0.500. The molecule has 2 unspecified atom stereocenters. The lowest BCUT2D eigenvalue weighted by Gasteiger charge is -2.08. The Bertz CT molecular complexity index is 372. The van der Waals surface area contributed by atoms with Gasteiger partial charge in [0.05, 0.1) is 25.4 Å². The summed E-state index contributed by atoms with van der Waals surface area (Å²) in [5.74, 6) is 0. The van der Waals surface area contributed by atoms with E-state index in [1.165, 1.54) is 0 Å². The van der Waals surface area contributed by atoms with Gasteiger partial charge in [0.1, 0.15) is 0 Å². The van der Waals surface area contributed by atoms with Crippen LogP contribution in [0, 0.1) is 0 Å². The summed E-state index contributed by atoms with van der Waals surface area (Å²) in [4.78, 5) is 0. The molecule has 2 atom stereocenters. The molecule has 6 heteroatoms. The third-order valence-electron chi connectivity index (χ3n) is 3.16. The predicted octanol–water partition coefficient (Wildman–Crippen LogP) is -0.0524. The molecule has 2 saturated heterocycles. The average Bonchev–Trinajstić information content (AvgIpc) is 2.98. The summed E-state index contributed by atoms with van der Waals surface area (Å²) in [5.41, 5.74) is 2.07. The Morgan fingerprint density at radius 1 is 0.833 bits per heavy atom. The minimum absolute atomic E-state index is 0.164. The molecule has 0 amide bonds. The Balaban J connectivity index is 1.69. The van der Waals surface area contributed by atoms with E-state index < -0.39 is 0 Å². The Labute approximate surface area is 108 Å². The molecule has 1 aromatic rings. The monoisotopic (exact) mass is 246 g/mol. The van der Waals surface area contributed by atoms with Gasteiger partial charge in [-0.15, -0.1) is 0 Å². The lowest BCUT2D eigenvalue weighted by Crippen LogP contribution is -2.36. The number of hydrogen-bond donors (Lipinski definition) is 0. The zero-order valence-corrected chi connectivity index (χ0v) is 10.7. The Hall–Kier alpha value is -0.810. The molecule has 4 nitrogen and oxygen atoms in total. The zero-order valence-electron chi connectivity index (χ0n) is 10.7. The summed E-state index contributed by atoms with van der Waals surface area (Å²) < 4.78 is 22.4. The van der Waals surface area contributed by atoms with Gasteiger partial charge >= 0.3 is 14.2 Å². The maximum atomic E-state index is 5.65. The molecular weight excluding hydrogens is 230 g/mol. The van der Waals surface area contributed by atoms with Gasteiger partial charge in [0.25, 0.3) is 0 Å². The van der Waals surface area contributed by atoms with Gasteiger partial charge in [-0.1, -0.05) is 24.3 Å². The summed E-state index contributed by atoms with van der Waals surface area (Å²) >= 11 is 0. The highest BCUT2D eigenvalue weighted by Crippen LogP contribution is 2.09. The first kappa shape index (κ1) is 12.2. The zero-order chi connectivity index (χ0) is 12.5. The van der Waals surface area contributed by atoms with Crippen LogP contribution < -0.4 is 10.9 Å². The van der Waals surface area contributed by atoms with Crippen molar-refractivity contribution in [3.63, 3.8) is 0 Å². The van der Waals surface area contributed by atoms with Gasteiger partial charge in [-0.05, 0) is 24.8 Å².